The Morgan fingerprint density at radius 2 is 2.03 bits per heavy atom. The number of aromatic nitrogens is 1. The van der Waals surface area contributed by atoms with Gasteiger partial charge in [-0.25, -0.2) is 0 Å². The lowest BCUT2D eigenvalue weighted by Gasteiger charge is -2.29. The first-order valence-corrected chi connectivity index (χ1v) is 11.0. The molecule has 0 radical (unpaired) electrons. The number of hydrogen-bond donors (Lipinski definition) is 2. The monoisotopic (exact) mass is 445 g/mol. The maximum absolute atomic E-state index is 10.1. The van der Waals surface area contributed by atoms with Crippen molar-refractivity contribution in [2.45, 2.75) is 18.6 Å². The molecule has 0 saturated heterocycles. The number of aliphatic hydroxyl groups excluding tert-OH is 1. The van der Waals surface area contributed by atoms with Crippen molar-refractivity contribution in [3.05, 3.63) is 78.3 Å². The number of rotatable bonds is 7. The van der Waals surface area contributed by atoms with Crippen molar-refractivity contribution in [1.29, 1.82) is 0 Å². The molecule has 2 atom stereocenters. The number of ether oxygens (including phenoxy) is 2. The highest BCUT2D eigenvalue weighted by Crippen LogP contribution is 2.38. The van der Waals surface area contributed by atoms with Crippen LogP contribution in [-0.2, 0) is 4.74 Å². The van der Waals surface area contributed by atoms with Crippen molar-refractivity contribution in [3.63, 3.8) is 0 Å². The molecule has 7 nitrogen and oxygen atoms in total. The number of hydrogen-bond acceptors (Lipinski definition) is 7. The summed E-state index contributed by atoms with van der Waals surface area (Å²) >= 11 is 0. The molecule has 4 aromatic rings. The quantitative estimate of drug-likeness (QED) is 0.378. The van der Waals surface area contributed by atoms with Crippen LogP contribution in [-0.4, -0.2) is 37.4 Å². The molecule has 5 rings (SSSR count). The van der Waals surface area contributed by atoms with E-state index < -0.39 is 6.29 Å². The van der Waals surface area contributed by atoms with E-state index in [9.17, 15) is 5.11 Å². The lowest BCUT2D eigenvalue weighted by atomic mass is 9.92. The average Bonchev–Trinajstić information content (AvgIpc) is 3.34. The molecule has 1 aliphatic heterocycles. The van der Waals surface area contributed by atoms with Crippen molar-refractivity contribution in [1.82, 2.24) is 4.98 Å². The zero-order valence-electron chi connectivity index (χ0n) is 18.7. The molecule has 2 aromatic carbocycles. The zero-order chi connectivity index (χ0) is 22.8. The van der Waals surface area contributed by atoms with Crippen LogP contribution in [0.3, 0.4) is 0 Å². The first kappa shape index (κ1) is 21.3. The fourth-order valence-corrected chi connectivity index (χ4v) is 4.30. The summed E-state index contributed by atoms with van der Waals surface area (Å²) in [6.45, 7) is 1.36. The van der Waals surface area contributed by atoms with Crippen LogP contribution in [0.2, 0.25) is 0 Å². The first-order chi connectivity index (χ1) is 16.1. The van der Waals surface area contributed by atoms with Gasteiger partial charge in [-0.2, -0.15) is 0 Å². The highest BCUT2D eigenvalue weighted by atomic mass is 16.6. The smallest absolute Gasteiger partial charge is 0.182 e. The third kappa shape index (κ3) is 4.25. The number of nitrogens with zero attached hydrogens (tertiary/aromatic N) is 2. The molecule has 0 spiro atoms. The number of aliphatic hydroxyl groups is 1. The molecular weight excluding hydrogens is 418 g/mol. The number of nitrogens with one attached hydrogen (secondary N) is 1. The van der Waals surface area contributed by atoms with Gasteiger partial charge in [-0.3, -0.25) is 4.98 Å². The summed E-state index contributed by atoms with van der Waals surface area (Å²) in [6.07, 6.45) is 4.99. The van der Waals surface area contributed by atoms with Crippen LogP contribution in [0.15, 0.2) is 71.6 Å². The number of furan rings is 1. The van der Waals surface area contributed by atoms with Gasteiger partial charge < -0.3 is 29.2 Å². The fraction of sp³-hybridized carbons (Fsp3) is 0.269. The zero-order valence-corrected chi connectivity index (χ0v) is 18.7. The van der Waals surface area contributed by atoms with Crippen LogP contribution in [0, 0.1) is 0 Å². The van der Waals surface area contributed by atoms with Gasteiger partial charge >= 0.3 is 0 Å². The molecule has 1 unspecified atom stereocenters. The molecule has 0 fully saturated rings. The van der Waals surface area contributed by atoms with E-state index in [2.05, 4.69) is 45.5 Å². The van der Waals surface area contributed by atoms with Crippen molar-refractivity contribution in [2.75, 3.05) is 37.5 Å². The molecule has 2 aromatic heterocycles. The Labute approximate surface area is 192 Å². The summed E-state index contributed by atoms with van der Waals surface area (Å²) in [7, 11) is 3.52. The molecule has 2 N–H and O–H groups in total. The lowest BCUT2D eigenvalue weighted by Crippen LogP contribution is -2.22. The van der Waals surface area contributed by atoms with Gasteiger partial charge in [0, 0.05) is 67.3 Å². The minimum atomic E-state index is -0.990. The average molecular weight is 446 g/mol. The van der Waals surface area contributed by atoms with E-state index in [1.54, 1.807) is 24.7 Å². The Hall–Kier alpha value is -3.55. The molecule has 7 heteroatoms. The Kier molecular flexibility index (Phi) is 5.90. The normalized spacial score (nSPS) is 16.2. The van der Waals surface area contributed by atoms with Crippen LogP contribution in [0.4, 0.5) is 17.1 Å². The molecule has 0 aliphatic carbocycles. The highest BCUT2D eigenvalue weighted by Gasteiger charge is 2.23. The van der Waals surface area contributed by atoms with E-state index in [0.717, 1.165) is 40.2 Å². The van der Waals surface area contributed by atoms with Gasteiger partial charge in [-0.05, 0) is 42.3 Å². The van der Waals surface area contributed by atoms with Crippen molar-refractivity contribution >= 4 is 28.0 Å². The van der Waals surface area contributed by atoms with Crippen LogP contribution >= 0.6 is 0 Å². The fourth-order valence-electron chi connectivity index (χ4n) is 4.30. The highest BCUT2D eigenvalue weighted by molar-refractivity contribution is 5.82. The van der Waals surface area contributed by atoms with Crippen molar-refractivity contribution < 1.29 is 19.0 Å². The minimum Gasteiger partial charge on any atom is -0.493 e. The van der Waals surface area contributed by atoms with Crippen molar-refractivity contribution in [3.8, 4) is 5.75 Å². The van der Waals surface area contributed by atoms with Gasteiger partial charge in [0.05, 0.1) is 24.8 Å². The van der Waals surface area contributed by atoms with Crippen molar-refractivity contribution in [2.24, 2.45) is 0 Å². The Morgan fingerprint density at radius 1 is 1.18 bits per heavy atom. The van der Waals surface area contributed by atoms with Crippen LogP contribution in [0.1, 0.15) is 29.8 Å². The van der Waals surface area contributed by atoms with E-state index >= 15 is 0 Å². The summed E-state index contributed by atoms with van der Waals surface area (Å²) in [5.41, 5.74) is 5.58. The largest absolute Gasteiger partial charge is 0.493 e. The van der Waals surface area contributed by atoms with Crippen LogP contribution < -0.4 is 15.0 Å². The van der Waals surface area contributed by atoms with E-state index in [1.807, 2.05) is 19.2 Å². The third-order valence-electron chi connectivity index (χ3n) is 6.26. The van der Waals surface area contributed by atoms with E-state index in [-0.39, 0.29) is 5.92 Å². The SMILES string of the molecule is COC(O)c1ccncc1NC[C@@H]1CCOc2cc(N(C)c3ccc4ccoc4c3)ccc21. The number of methoxy groups -OCH3 is 1. The van der Waals surface area contributed by atoms with Gasteiger partial charge in [-0.15, -0.1) is 0 Å². The van der Waals surface area contributed by atoms with Crippen LogP contribution in [0.5, 0.6) is 5.75 Å². The summed E-state index contributed by atoms with van der Waals surface area (Å²) in [5, 5.41) is 14.6. The van der Waals surface area contributed by atoms with E-state index in [4.69, 9.17) is 13.9 Å². The maximum Gasteiger partial charge on any atom is 0.182 e. The minimum absolute atomic E-state index is 0.278. The molecule has 170 valence electrons. The summed E-state index contributed by atoms with van der Waals surface area (Å²) in [6, 6.07) is 16.3. The molecule has 33 heavy (non-hydrogen) atoms. The van der Waals surface area contributed by atoms with Gasteiger partial charge in [-0.1, -0.05) is 6.07 Å². The lowest BCUT2D eigenvalue weighted by molar-refractivity contribution is -0.0764. The summed E-state index contributed by atoms with van der Waals surface area (Å²) in [5.74, 6) is 1.18. The predicted molar refractivity (Wildman–Crippen MR) is 128 cm³/mol. The second-order valence-corrected chi connectivity index (χ2v) is 8.19. The van der Waals surface area contributed by atoms with Gasteiger partial charge in [0.25, 0.3) is 0 Å². The molecule has 1 aliphatic rings. The molecule has 0 bridgehead atoms. The Bertz CT molecular complexity index is 1260. The number of anilines is 3. The summed E-state index contributed by atoms with van der Waals surface area (Å²) < 4.78 is 16.7. The first-order valence-electron chi connectivity index (χ1n) is 11.0. The molecule has 3 heterocycles. The maximum atomic E-state index is 10.1. The van der Waals surface area contributed by atoms with Gasteiger partial charge in [0.15, 0.2) is 6.29 Å². The van der Waals surface area contributed by atoms with E-state index in [1.165, 1.54) is 12.7 Å². The predicted octanol–water partition coefficient (Wildman–Crippen LogP) is 5.21. The number of pyridine rings is 1. The molecular formula is C26H27N3O4. The van der Waals surface area contributed by atoms with Gasteiger partial charge in [0.1, 0.15) is 11.3 Å². The number of benzene rings is 2. The van der Waals surface area contributed by atoms with Gasteiger partial charge in [0.2, 0.25) is 0 Å². The Morgan fingerprint density at radius 3 is 2.91 bits per heavy atom. The standard InChI is InChI=1S/C26H27N3O4/c1-29(19-4-3-17-8-11-32-24(17)13-19)20-5-6-21-18(9-12-33-25(21)14-20)15-28-23-16-27-10-7-22(23)26(30)31-2/h3-8,10-11,13-14,16,18,26,28,30H,9,12,15H2,1-2H3/t18-,26?/m0/s1. The number of fused-ring (bicyclic) bond motifs is 2. The Balaban J connectivity index is 1.34. The second kappa shape index (κ2) is 9.13. The topological polar surface area (TPSA) is 80.0 Å². The second-order valence-electron chi connectivity index (χ2n) is 8.19. The molecule has 0 saturated carbocycles. The summed E-state index contributed by atoms with van der Waals surface area (Å²) in [4.78, 5) is 6.31. The molecule has 0 amide bonds. The van der Waals surface area contributed by atoms with Crippen LogP contribution in [0.25, 0.3) is 11.0 Å². The van der Waals surface area contributed by atoms with E-state index in [0.29, 0.717) is 18.7 Å². The third-order valence-corrected chi connectivity index (χ3v) is 6.26.